The molecule has 1 amide bonds. The molecular weight excluding hydrogens is 342 g/mol. The van der Waals surface area contributed by atoms with Gasteiger partial charge < -0.3 is 5.32 Å². The van der Waals surface area contributed by atoms with Crippen LogP contribution in [-0.2, 0) is 17.9 Å². The van der Waals surface area contributed by atoms with Crippen molar-refractivity contribution in [2.75, 3.05) is 5.32 Å². The van der Waals surface area contributed by atoms with E-state index in [2.05, 4.69) is 5.32 Å². The molecular formula is C21H23N3O3. The minimum absolute atomic E-state index is 0.153. The third-order valence-corrected chi connectivity index (χ3v) is 4.50. The highest BCUT2D eigenvalue weighted by Gasteiger charge is 2.15. The Labute approximate surface area is 157 Å². The second kappa shape index (κ2) is 8.03. The molecule has 2 aromatic carbocycles. The maximum Gasteiger partial charge on any atom is 0.331 e. The number of fused-ring (bicyclic) bond motifs is 1. The van der Waals surface area contributed by atoms with Gasteiger partial charge in [0.2, 0.25) is 5.91 Å². The van der Waals surface area contributed by atoms with E-state index in [4.69, 9.17) is 0 Å². The third kappa shape index (κ3) is 4.00. The highest BCUT2D eigenvalue weighted by Crippen LogP contribution is 2.10. The molecule has 0 bridgehead atoms. The number of hydrogen-bond donors (Lipinski definition) is 1. The summed E-state index contributed by atoms with van der Waals surface area (Å²) >= 11 is 0. The fourth-order valence-electron chi connectivity index (χ4n) is 3.02. The van der Waals surface area contributed by atoms with Gasteiger partial charge in [0, 0.05) is 12.2 Å². The van der Waals surface area contributed by atoms with Crippen molar-refractivity contribution < 1.29 is 4.79 Å². The number of benzene rings is 2. The van der Waals surface area contributed by atoms with E-state index in [1.54, 1.807) is 24.3 Å². The van der Waals surface area contributed by atoms with Gasteiger partial charge in [-0.3, -0.25) is 18.7 Å². The molecule has 0 saturated heterocycles. The number of carbonyl (C=O) groups excluding carboxylic acids is 1. The van der Waals surface area contributed by atoms with Crippen LogP contribution in [0.25, 0.3) is 10.9 Å². The lowest BCUT2D eigenvalue weighted by Crippen LogP contribution is -2.41. The third-order valence-electron chi connectivity index (χ3n) is 4.50. The van der Waals surface area contributed by atoms with Gasteiger partial charge in [0.1, 0.15) is 6.54 Å². The summed E-state index contributed by atoms with van der Waals surface area (Å²) in [5, 5.41) is 3.24. The van der Waals surface area contributed by atoms with Gasteiger partial charge in [-0.1, -0.05) is 43.2 Å². The topological polar surface area (TPSA) is 73.1 Å². The molecule has 6 heteroatoms. The van der Waals surface area contributed by atoms with Crippen molar-refractivity contribution in [1.29, 1.82) is 0 Å². The first kappa shape index (κ1) is 18.6. The van der Waals surface area contributed by atoms with Crippen LogP contribution in [0.1, 0.15) is 25.3 Å². The number of aromatic nitrogens is 2. The van der Waals surface area contributed by atoms with E-state index in [1.165, 1.54) is 9.13 Å². The minimum Gasteiger partial charge on any atom is -0.325 e. The first-order chi connectivity index (χ1) is 13.0. The maximum atomic E-state index is 12.9. The fourth-order valence-corrected chi connectivity index (χ4v) is 3.02. The molecule has 0 radical (unpaired) electrons. The van der Waals surface area contributed by atoms with E-state index in [0.717, 1.165) is 18.4 Å². The smallest absolute Gasteiger partial charge is 0.325 e. The van der Waals surface area contributed by atoms with Crippen molar-refractivity contribution in [1.82, 2.24) is 9.13 Å². The van der Waals surface area contributed by atoms with Crippen molar-refractivity contribution in [2.45, 2.75) is 39.8 Å². The van der Waals surface area contributed by atoms with Crippen molar-refractivity contribution in [3.8, 4) is 0 Å². The van der Waals surface area contributed by atoms with Crippen LogP contribution in [0.15, 0.2) is 58.1 Å². The van der Waals surface area contributed by atoms with Crippen LogP contribution in [-0.4, -0.2) is 15.0 Å². The van der Waals surface area contributed by atoms with E-state index in [9.17, 15) is 14.4 Å². The van der Waals surface area contributed by atoms with Crippen LogP contribution in [0.3, 0.4) is 0 Å². The lowest BCUT2D eigenvalue weighted by atomic mass is 10.2. The SMILES string of the molecule is CCCCn1c(=O)c2ccccc2n(CC(=O)Nc2ccc(C)cc2)c1=O. The van der Waals surface area contributed by atoms with Gasteiger partial charge in [0.15, 0.2) is 0 Å². The van der Waals surface area contributed by atoms with E-state index in [0.29, 0.717) is 23.1 Å². The van der Waals surface area contributed by atoms with Crippen LogP contribution in [0, 0.1) is 6.92 Å². The second-order valence-electron chi connectivity index (χ2n) is 6.61. The Balaban J connectivity index is 1.99. The van der Waals surface area contributed by atoms with Gasteiger partial charge in [-0.25, -0.2) is 4.79 Å². The van der Waals surface area contributed by atoms with E-state index >= 15 is 0 Å². The van der Waals surface area contributed by atoms with Crippen molar-refractivity contribution in [3.05, 3.63) is 74.9 Å². The molecule has 1 heterocycles. The molecule has 6 nitrogen and oxygen atoms in total. The standard InChI is InChI=1S/C21H23N3O3/c1-3-4-13-23-20(26)17-7-5-6-8-18(17)24(21(23)27)14-19(25)22-16-11-9-15(2)10-12-16/h5-12H,3-4,13-14H2,1-2H3,(H,22,25). The summed E-state index contributed by atoms with van der Waals surface area (Å²) < 4.78 is 2.60. The van der Waals surface area contributed by atoms with Gasteiger partial charge >= 0.3 is 5.69 Å². The molecule has 0 unspecified atom stereocenters. The molecule has 0 atom stereocenters. The number of anilines is 1. The van der Waals surface area contributed by atoms with Gasteiger partial charge in [-0.2, -0.15) is 0 Å². The summed E-state index contributed by atoms with van der Waals surface area (Å²) in [5.74, 6) is -0.313. The largest absolute Gasteiger partial charge is 0.331 e. The zero-order chi connectivity index (χ0) is 19.4. The summed E-state index contributed by atoms with van der Waals surface area (Å²) in [5.41, 5.74) is 1.48. The number of hydrogen-bond acceptors (Lipinski definition) is 3. The van der Waals surface area contributed by atoms with Crippen LogP contribution < -0.4 is 16.6 Å². The highest BCUT2D eigenvalue weighted by molar-refractivity contribution is 5.91. The van der Waals surface area contributed by atoms with E-state index in [1.807, 2.05) is 38.1 Å². The highest BCUT2D eigenvalue weighted by atomic mass is 16.2. The molecule has 0 aliphatic rings. The average molecular weight is 365 g/mol. The van der Waals surface area contributed by atoms with Gasteiger partial charge in [0.05, 0.1) is 10.9 Å². The van der Waals surface area contributed by atoms with E-state index in [-0.39, 0.29) is 18.0 Å². The first-order valence-corrected chi connectivity index (χ1v) is 9.10. The molecule has 0 fully saturated rings. The number of carbonyl (C=O) groups is 1. The summed E-state index contributed by atoms with van der Waals surface area (Å²) in [6.07, 6.45) is 1.59. The number of rotatable bonds is 6. The summed E-state index contributed by atoms with van der Waals surface area (Å²) in [7, 11) is 0. The Morgan fingerprint density at radius 3 is 2.41 bits per heavy atom. The molecule has 0 saturated carbocycles. The Morgan fingerprint density at radius 1 is 1.00 bits per heavy atom. The summed E-state index contributed by atoms with van der Waals surface area (Å²) in [4.78, 5) is 38.1. The predicted octanol–water partition coefficient (Wildman–Crippen LogP) is 2.91. The normalized spacial score (nSPS) is 10.9. The number of amides is 1. The van der Waals surface area contributed by atoms with E-state index < -0.39 is 5.69 Å². The molecule has 3 aromatic rings. The van der Waals surface area contributed by atoms with Gasteiger partial charge in [0.25, 0.3) is 5.56 Å². The lowest BCUT2D eigenvalue weighted by Gasteiger charge is -2.14. The molecule has 1 N–H and O–H groups in total. The number of aryl methyl sites for hydroxylation is 1. The average Bonchev–Trinajstić information content (AvgIpc) is 2.67. The molecule has 0 spiro atoms. The van der Waals surface area contributed by atoms with Crippen LogP contribution in [0.4, 0.5) is 5.69 Å². The summed E-state index contributed by atoms with van der Waals surface area (Å²) in [6, 6.07) is 14.3. The van der Waals surface area contributed by atoms with Crippen molar-refractivity contribution >= 4 is 22.5 Å². The number of nitrogens with zero attached hydrogens (tertiary/aromatic N) is 2. The Morgan fingerprint density at radius 2 is 1.70 bits per heavy atom. The Kier molecular flexibility index (Phi) is 5.54. The fraction of sp³-hybridized carbons (Fsp3) is 0.286. The molecule has 140 valence electrons. The lowest BCUT2D eigenvalue weighted by molar-refractivity contribution is -0.116. The van der Waals surface area contributed by atoms with Crippen molar-refractivity contribution in [3.63, 3.8) is 0 Å². The Bertz CT molecular complexity index is 1080. The van der Waals surface area contributed by atoms with Gasteiger partial charge in [-0.15, -0.1) is 0 Å². The minimum atomic E-state index is -0.453. The molecule has 0 aliphatic carbocycles. The second-order valence-corrected chi connectivity index (χ2v) is 6.61. The zero-order valence-corrected chi connectivity index (χ0v) is 15.6. The van der Waals surface area contributed by atoms with Gasteiger partial charge in [-0.05, 0) is 37.6 Å². The molecule has 3 rings (SSSR count). The zero-order valence-electron chi connectivity index (χ0n) is 15.6. The van der Waals surface area contributed by atoms with Crippen LogP contribution in [0.2, 0.25) is 0 Å². The monoisotopic (exact) mass is 365 g/mol. The van der Waals surface area contributed by atoms with Crippen LogP contribution >= 0.6 is 0 Å². The molecule has 0 aliphatic heterocycles. The quantitative estimate of drug-likeness (QED) is 0.730. The summed E-state index contributed by atoms with van der Waals surface area (Å²) in [6.45, 7) is 4.16. The molecule has 27 heavy (non-hydrogen) atoms. The van der Waals surface area contributed by atoms with Crippen LogP contribution in [0.5, 0.6) is 0 Å². The number of nitrogens with one attached hydrogen (secondary N) is 1. The first-order valence-electron chi connectivity index (χ1n) is 9.10. The maximum absolute atomic E-state index is 12.9. The van der Waals surface area contributed by atoms with Crippen molar-refractivity contribution in [2.24, 2.45) is 0 Å². The predicted molar refractivity (Wildman–Crippen MR) is 107 cm³/mol. The molecule has 1 aromatic heterocycles. The number of unbranched alkanes of at least 4 members (excludes halogenated alkanes) is 1. The Hall–Kier alpha value is -3.15. The number of para-hydroxylation sites is 1.